The van der Waals surface area contributed by atoms with E-state index in [0.717, 1.165) is 22.6 Å². The Morgan fingerprint density at radius 2 is 1.79 bits per heavy atom. The minimum absolute atomic E-state index is 0.138. The predicted molar refractivity (Wildman–Crippen MR) is 119 cm³/mol. The Morgan fingerprint density at radius 1 is 1.00 bits per heavy atom. The molecule has 0 heterocycles. The lowest BCUT2D eigenvalue weighted by molar-refractivity contribution is 0.104. The van der Waals surface area contributed by atoms with Gasteiger partial charge in [0.05, 0.1) is 17.2 Å². The lowest BCUT2D eigenvalue weighted by Crippen LogP contribution is -1.94. The molecule has 5 heteroatoms. The van der Waals surface area contributed by atoms with Crippen molar-refractivity contribution in [1.29, 1.82) is 0 Å². The number of carbonyl (C=O) groups is 1. The highest BCUT2D eigenvalue weighted by molar-refractivity contribution is 7.98. The molecule has 0 unspecified atom stereocenters. The lowest BCUT2D eigenvalue weighted by atomic mass is 10.1. The van der Waals surface area contributed by atoms with Gasteiger partial charge in [0.15, 0.2) is 5.78 Å². The summed E-state index contributed by atoms with van der Waals surface area (Å²) in [6, 6.07) is 21.0. The van der Waals surface area contributed by atoms with E-state index in [9.17, 15) is 4.79 Å². The number of halogens is 2. The highest BCUT2D eigenvalue weighted by atomic mass is 35.5. The molecule has 3 aromatic carbocycles. The normalized spacial score (nSPS) is 11.0. The molecule has 0 aromatic heterocycles. The fraction of sp³-hybridized carbons (Fsp3) is 0.0870. The number of ether oxygens (including phenoxy) is 1. The van der Waals surface area contributed by atoms with Crippen LogP contribution in [-0.2, 0) is 5.75 Å². The fourth-order valence-corrected chi connectivity index (χ4v) is 3.79. The molecular weight excluding hydrogens is 411 g/mol. The number of carbonyl (C=O) groups excluding carboxylic acids is 1. The number of allylic oxidation sites excluding steroid dienone is 1. The van der Waals surface area contributed by atoms with Crippen LogP contribution in [0.25, 0.3) is 6.08 Å². The van der Waals surface area contributed by atoms with E-state index >= 15 is 0 Å². The van der Waals surface area contributed by atoms with Gasteiger partial charge in [0.1, 0.15) is 5.75 Å². The number of ketones is 1. The minimum Gasteiger partial charge on any atom is -0.496 e. The first-order chi connectivity index (χ1) is 13.6. The predicted octanol–water partition coefficient (Wildman–Crippen LogP) is 7.19. The maximum atomic E-state index is 12.3. The number of rotatable bonds is 7. The van der Waals surface area contributed by atoms with Crippen molar-refractivity contribution in [2.24, 2.45) is 0 Å². The van der Waals surface area contributed by atoms with Gasteiger partial charge in [-0.2, -0.15) is 0 Å². The molecule has 0 aliphatic heterocycles. The second-order valence-electron chi connectivity index (χ2n) is 6.00. The van der Waals surface area contributed by atoms with Crippen LogP contribution in [-0.4, -0.2) is 12.9 Å². The number of hydrogen-bond acceptors (Lipinski definition) is 3. The molecule has 2 nitrogen and oxygen atoms in total. The zero-order chi connectivity index (χ0) is 19.9. The van der Waals surface area contributed by atoms with Gasteiger partial charge in [-0.15, -0.1) is 11.8 Å². The van der Waals surface area contributed by atoms with Gasteiger partial charge >= 0.3 is 0 Å². The Hall–Kier alpha value is -2.20. The van der Waals surface area contributed by atoms with E-state index < -0.39 is 0 Å². The zero-order valence-electron chi connectivity index (χ0n) is 15.2. The molecule has 0 aliphatic carbocycles. The summed E-state index contributed by atoms with van der Waals surface area (Å²) in [4.78, 5) is 13.5. The van der Waals surface area contributed by atoms with Crippen LogP contribution in [0.2, 0.25) is 10.0 Å². The summed E-state index contributed by atoms with van der Waals surface area (Å²) in [7, 11) is 1.65. The van der Waals surface area contributed by atoms with Crippen LogP contribution < -0.4 is 4.74 Å². The van der Waals surface area contributed by atoms with Crippen LogP contribution in [0.3, 0.4) is 0 Å². The van der Waals surface area contributed by atoms with E-state index in [1.807, 2.05) is 36.4 Å². The van der Waals surface area contributed by atoms with E-state index in [1.54, 1.807) is 43.1 Å². The molecule has 0 bridgehead atoms. The van der Waals surface area contributed by atoms with Gasteiger partial charge in [-0.3, -0.25) is 4.79 Å². The van der Waals surface area contributed by atoms with Crippen LogP contribution in [0.15, 0.2) is 77.7 Å². The molecule has 28 heavy (non-hydrogen) atoms. The number of benzene rings is 3. The van der Waals surface area contributed by atoms with E-state index in [0.29, 0.717) is 15.6 Å². The third-order valence-corrected chi connectivity index (χ3v) is 5.88. The summed E-state index contributed by atoms with van der Waals surface area (Å²) in [6.45, 7) is 0. The molecule has 142 valence electrons. The SMILES string of the molecule is COc1cc(/C=C/C(=O)c2ccc(Cl)c(Cl)c2)ccc1CSc1ccccc1. The summed E-state index contributed by atoms with van der Waals surface area (Å²) in [5.74, 6) is 1.47. The molecule has 0 aliphatic rings. The summed E-state index contributed by atoms with van der Waals surface area (Å²) in [6.07, 6.45) is 3.29. The van der Waals surface area contributed by atoms with Crippen LogP contribution in [0.4, 0.5) is 0 Å². The number of thioether (sulfide) groups is 1. The maximum absolute atomic E-state index is 12.3. The van der Waals surface area contributed by atoms with Gasteiger partial charge in [0.2, 0.25) is 0 Å². The van der Waals surface area contributed by atoms with Gasteiger partial charge < -0.3 is 4.74 Å². The maximum Gasteiger partial charge on any atom is 0.185 e. The first-order valence-electron chi connectivity index (χ1n) is 8.59. The third kappa shape index (κ3) is 5.41. The number of hydrogen-bond donors (Lipinski definition) is 0. The second kappa shape index (κ2) is 9.83. The average Bonchev–Trinajstić information content (AvgIpc) is 2.73. The number of methoxy groups -OCH3 is 1. The summed E-state index contributed by atoms with van der Waals surface area (Å²) >= 11 is 13.6. The average molecular weight is 429 g/mol. The lowest BCUT2D eigenvalue weighted by Gasteiger charge is -2.09. The molecule has 0 spiro atoms. The van der Waals surface area contributed by atoms with Crippen molar-refractivity contribution in [3.8, 4) is 5.75 Å². The van der Waals surface area contributed by atoms with Crippen LogP contribution in [0.1, 0.15) is 21.5 Å². The molecule has 0 amide bonds. The van der Waals surface area contributed by atoms with E-state index in [2.05, 4.69) is 12.1 Å². The van der Waals surface area contributed by atoms with Crippen molar-refractivity contribution in [3.63, 3.8) is 0 Å². The first kappa shape index (κ1) is 20.5. The second-order valence-corrected chi connectivity index (χ2v) is 7.86. The Balaban J connectivity index is 1.71. The highest BCUT2D eigenvalue weighted by Crippen LogP contribution is 2.29. The minimum atomic E-state index is -0.138. The molecule has 3 rings (SSSR count). The van der Waals surface area contributed by atoms with Crippen LogP contribution in [0, 0.1) is 0 Å². The Kier molecular flexibility index (Phi) is 7.21. The van der Waals surface area contributed by atoms with E-state index in [1.165, 1.54) is 11.0 Å². The van der Waals surface area contributed by atoms with Crippen molar-refractivity contribution in [2.45, 2.75) is 10.6 Å². The quantitative estimate of drug-likeness (QED) is 0.226. The van der Waals surface area contributed by atoms with Crippen LogP contribution in [0.5, 0.6) is 5.75 Å². The Morgan fingerprint density at radius 3 is 2.50 bits per heavy atom. The monoisotopic (exact) mass is 428 g/mol. The van der Waals surface area contributed by atoms with Crippen molar-refractivity contribution < 1.29 is 9.53 Å². The topological polar surface area (TPSA) is 26.3 Å². The van der Waals surface area contributed by atoms with Gasteiger partial charge in [0.25, 0.3) is 0 Å². The van der Waals surface area contributed by atoms with Crippen molar-refractivity contribution in [3.05, 3.63) is 99.5 Å². The summed E-state index contributed by atoms with van der Waals surface area (Å²) in [5.41, 5.74) is 2.48. The third-order valence-electron chi connectivity index (χ3n) is 4.08. The largest absolute Gasteiger partial charge is 0.496 e. The highest BCUT2D eigenvalue weighted by Gasteiger charge is 2.07. The van der Waals surface area contributed by atoms with Gasteiger partial charge in [0, 0.05) is 21.8 Å². The molecular formula is C23H18Cl2O2S. The van der Waals surface area contributed by atoms with E-state index in [-0.39, 0.29) is 5.78 Å². The molecule has 0 N–H and O–H groups in total. The molecule has 0 radical (unpaired) electrons. The van der Waals surface area contributed by atoms with Crippen molar-refractivity contribution in [1.82, 2.24) is 0 Å². The van der Waals surface area contributed by atoms with Gasteiger partial charge in [-0.1, -0.05) is 59.6 Å². The molecule has 0 saturated heterocycles. The zero-order valence-corrected chi connectivity index (χ0v) is 17.5. The van der Waals surface area contributed by atoms with E-state index in [4.69, 9.17) is 27.9 Å². The smallest absolute Gasteiger partial charge is 0.185 e. The molecule has 0 fully saturated rings. The van der Waals surface area contributed by atoms with Gasteiger partial charge in [-0.05, 0) is 48.0 Å². The van der Waals surface area contributed by atoms with Crippen molar-refractivity contribution >= 4 is 46.8 Å². The van der Waals surface area contributed by atoms with Crippen molar-refractivity contribution in [2.75, 3.05) is 7.11 Å². The molecule has 3 aromatic rings. The summed E-state index contributed by atoms with van der Waals surface area (Å²) < 4.78 is 5.53. The Bertz CT molecular complexity index is 1000. The summed E-state index contributed by atoms with van der Waals surface area (Å²) in [5, 5.41) is 0.791. The molecule has 0 saturated carbocycles. The molecule has 0 atom stereocenters. The van der Waals surface area contributed by atoms with Gasteiger partial charge in [-0.25, -0.2) is 0 Å². The van der Waals surface area contributed by atoms with Crippen LogP contribution >= 0.6 is 35.0 Å². The standard InChI is InChI=1S/C23H18Cl2O2S/c1-27-23-13-16(7-9-18(23)15-28-19-5-3-2-4-6-19)8-12-22(26)17-10-11-20(24)21(25)14-17/h2-14H,15H2,1H3/b12-8+. The Labute approximate surface area is 179 Å². The fourth-order valence-electron chi connectivity index (χ4n) is 2.58. The first-order valence-corrected chi connectivity index (χ1v) is 10.3.